The zero-order valence-electron chi connectivity index (χ0n) is 17.1. The summed E-state index contributed by atoms with van der Waals surface area (Å²) in [6.45, 7) is 5.58. The molecule has 0 bridgehead atoms. The Labute approximate surface area is 185 Å². The number of hydrogen-bond donors (Lipinski definition) is 1. The SMILES string of the molecule is C[C@@H]1CCCN(Cc2ccc(C(=O)Nc3nnc(SCc4ccccc4)s3)cc2)C1. The molecule has 1 aromatic heterocycles. The van der Waals surface area contributed by atoms with E-state index in [-0.39, 0.29) is 5.91 Å². The van der Waals surface area contributed by atoms with Gasteiger partial charge in [-0.25, -0.2) is 0 Å². The maximum absolute atomic E-state index is 12.6. The summed E-state index contributed by atoms with van der Waals surface area (Å²) < 4.78 is 0.847. The average molecular weight is 439 g/mol. The number of amides is 1. The number of hydrogen-bond acceptors (Lipinski definition) is 6. The van der Waals surface area contributed by atoms with Crippen molar-refractivity contribution >= 4 is 34.1 Å². The molecular formula is C23H26N4OS2. The largest absolute Gasteiger partial charge is 0.299 e. The Morgan fingerprint density at radius 2 is 1.93 bits per heavy atom. The van der Waals surface area contributed by atoms with Gasteiger partial charge in [-0.2, -0.15) is 0 Å². The lowest BCUT2D eigenvalue weighted by Gasteiger charge is -2.30. The predicted molar refractivity (Wildman–Crippen MR) is 124 cm³/mol. The van der Waals surface area contributed by atoms with Crippen LogP contribution in [0.15, 0.2) is 58.9 Å². The number of piperidine rings is 1. The summed E-state index contributed by atoms with van der Waals surface area (Å²) in [6.07, 6.45) is 2.60. The lowest BCUT2D eigenvalue weighted by molar-refractivity contribution is 0.102. The van der Waals surface area contributed by atoms with Crippen molar-refractivity contribution < 1.29 is 4.79 Å². The first-order valence-corrected chi connectivity index (χ1v) is 12.1. The van der Waals surface area contributed by atoms with E-state index in [9.17, 15) is 4.79 Å². The molecule has 4 rings (SSSR count). The topological polar surface area (TPSA) is 58.1 Å². The van der Waals surface area contributed by atoms with Crippen molar-refractivity contribution in [2.24, 2.45) is 5.92 Å². The van der Waals surface area contributed by atoms with Gasteiger partial charge in [-0.15, -0.1) is 10.2 Å². The molecule has 1 atom stereocenters. The van der Waals surface area contributed by atoms with Crippen molar-refractivity contribution in [1.82, 2.24) is 15.1 Å². The van der Waals surface area contributed by atoms with E-state index in [1.807, 2.05) is 30.3 Å². The molecule has 0 saturated carbocycles. The normalized spacial score (nSPS) is 17.0. The van der Waals surface area contributed by atoms with Gasteiger partial charge in [0.2, 0.25) is 5.13 Å². The van der Waals surface area contributed by atoms with Crippen LogP contribution in [0, 0.1) is 5.92 Å². The number of likely N-dealkylation sites (tertiary alicyclic amines) is 1. The van der Waals surface area contributed by atoms with E-state index in [0.717, 1.165) is 35.6 Å². The van der Waals surface area contributed by atoms with Crippen LogP contribution in [0.2, 0.25) is 0 Å². The molecule has 7 heteroatoms. The smallest absolute Gasteiger partial charge is 0.257 e. The summed E-state index contributed by atoms with van der Waals surface area (Å²) in [6, 6.07) is 18.1. The Bertz CT molecular complexity index is 959. The molecule has 3 aromatic rings. The Hall–Kier alpha value is -2.22. The summed E-state index contributed by atoms with van der Waals surface area (Å²) in [5.41, 5.74) is 3.12. The monoisotopic (exact) mass is 438 g/mol. The maximum Gasteiger partial charge on any atom is 0.257 e. The van der Waals surface area contributed by atoms with Crippen molar-refractivity contribution in [1.29, 1.82) is 0 Å². The molecule has 1 aliphatic rings. The van der Waals surface area contributed by atoms with Crippen molar-refractivity contribution in [3.63, 3.8) is 0 Å². The van der Waals surface area contributed by atoms with Crippen LogP contribution >= 0.6 is 23.1 Å². The molecule has 1 aliphatic heterocycles. The van der Waals surface area contributed by atoms with Crippen molar-refractivity contribution in [2.75, 3.05) is 18.4 Å². The van der Waals surface area contributed by atoms with Gasteiger partial charge in [-0.3, -0.25) is 15.0 Å². The maximum atomic E-state index is 12.6. The number of carbonyl (C=O) groups is 1. The van der Waals surface area contributed by atoms with E-state index in [4.69, 9.17) is 0 Å². The minimum absolute atomic E-state index is 0.149. The van der Waals surface area contributed by atoms with Crippen molar-refractivity contribution in [2.45, 2.75) is 36.4 Å². The molecule has 1 saturated heterocycles. The fourth-order valence-electron chi connectivity index (χ4n) is 3.66. The number of nitrogens with zero attached hydrogens (tertiary/aromatic N) is 3. The van der Waals surface area contributed by atoms with Crippen LogP contribution in [0.5, 0.6) is 0 Å². The number of carbonyl (C=O) groups excluding carboxylic acids is 1. The van der Waals surface area contributed by atoms with E-state index in [0.29, 0.717) is 10.7 Å². The molecule has 0 unspecified atom stereocenters. The van der Waals surface area contributed by atoms with E-state index >= 15 is 0 Å². The molecule has 2 aromatic carbocycles. The standard InChI is InChI=1S/C23H26N4OS2/c1-17-6-5-13-27(14-17)15-18-9-11-20(12-10-18)21(28)24-22-25-26-23(30-22)29-16-19-7-3-2-4-8-19/h2-4,7-12,17H,5-6,13-16H2,1H3,(H,24,25,28)/t17-/m1/s1. The second-order valence-corrected chi connectivity index (χ2v) is 9.98. The molecule has 156 valence electrons. The number of thioether (sulfide) groups is 1. The van der Waals surface area contributed by atoms with Gasteiger partial charge in [0.15, 0.2) is 4.34 Å². The predicted octanol–water partition coefficient (Wildman–Crippen LogP) is 5.31. The number of nitrogens with one attached hydrogen (secondary N) is 1. The minimum Gasteiger partial charge on any atom is -0.299 e. The Morgan fingerprint density at radius 1 is 1.13 bits per heavy atom. The fraction of sp³-hybridized carbons (Fsp3) is 0.348. The van der Waals surface area contributed by atoms with Crippen LogP contribution in [-0.2, 0) is 12.3 Å². The Balaban J connectivity index is 1.29. The highest BCUT2D eigenvalue weighted by molar-refractivity contribution is 8.00. The second-order valence-electron chi connectivity index (χ2n) is 7.78. The third kappa shape index (κ3) is 5.90. The lowest BCUT2D eigenvalue weighted by Crippen LogP contribution is -2.33. The molecule has 1 N–H and O–H groups in total. The second kappa shape index (κ2) is 10.2. The van der Waals surface area contributed by atoms with Crippen LogP contribution in [0.1, 0.15) is 41.3 Å². The first kappa shape index (κ1) is 21.0. The van der Waals surface area contributed by atoms with Crippen LogP contribution < -0.4 is 5.32 Å². The molecule has 1 amide bonds. The summed E-state index contributed by atoms with van der Waals surface area (Å²) in [5.74, 6) is 1.45. The lowest BCUT2D eigenvalue weighted by atomic mass is 9.99. The highest BCUT2D eigenvalue weighted by Gasteiger charge is 2.16. The molecule has 1 fully saturated rings. The molecule has 0 aliphatic carbocycles. The minimum atomic E-state index is -0.149. The van der Waals surface area contributed by atoms with E-state index in [1.54, 1.807) is 11.8 Å². The number of anilines is 1. The van der Waals surface area contributed by atoms with Gasteiger partial charge in [0.1, 0.15) is 0 Å². The number of rotatable bonds is 7. The summed E-state index contributed by atoms with van der Waals surface area (Å²) in [5, 5.41) is 11.7. The van der Waals surface area contributed by atoms with Crippen LogP contribution in [0.25, 0.3) is 0 Å². The van der Waals surface area contributed by atoms with Crippen LogP contribution in [0.4, 0.5) is 5.13 Å². The quantitative estimate of drug-likeness (QED) is 0.400. The first-order valence-electron chi connectivity index (χ1n) is 10.3. The molecule has 2 heterocycles. The van der Waals surface area contributed by atoms with Gasteiger partial charge in [-0.05, 0) is 48.6 Å². The number of aromatic nitrogens is 2. The van der Waals surface area contributed by atoms with Crippen LogP contribution in [0.3, 0.4) is 0 Å². The number of benzene rings is 2. The molecule has 0 spiro atoms. The fourth-order valence-corrected chi connectivity index (χ4v) is 5.36. The molecule has 0 radical (unpaired) electrons. The average Bonchev–Trinajstić information content (AvgIpc) is 3.21. The van der Waals surface area contributed by atoms with E-state index in [2.05, 4.69) is 51.6 Å². The first-order chi connectivity index (χ1) is 14.7. The highest BCUT2D eigenvalue weighted by Crippen LogP contribution is 2.28. The van der Waals surface area contributed by atoms with E-state index in [1.165, 1.54) is 35.3 Å². The van der Waals surface area contributed by atoms with Gasteiger partial charge in [0.25, 0.3) is 5.91 Å². The molecule has 5 nitrogen and oxygen atoms in total. The van der Waals surface area contributed by atoms with Gasteiger partial charge in [0.05, 0.1) is 0 Å². The Morgan fingerprint density at radius 3 is 2.70 bits per heavy atom. The third-order valence-corrected chi connectivity index (χ3v) is 7.24. The summed E-state index contributed by atoms with van der Waals surface area (Å²) in [4.78, 5) is 15.1. The van der Waals surface area contributed by atoms with Gasteiger partial charge < -0.3 is 0 Å². The molecular weight excluding hydrogens is 412 g/mol. The van der Waals surface area contributed by atoms with Gasteiger partial charge >= 0.3 is 0 Å². The van der Waals surface area contributed by atoms with Crippen LogP contribution in [-0.4, -0.2) is 34.1 Å². The third-order valence-electron chi connectivity index (χ3n) is 5.20. The molecule has 30 heavy (non-hydrogen) atoms. The summed E-state index contributed by atoms with van der Waals surface area (Å²) >= 11 is 3.03. The Kier molecular flexibility index (Phi) is 7.15. The van der Waals surface area contributed by atoms with E-state index < -0.39 is 0 Å². The van der Waals surface area contributed by atoms with Gasteiger partial charge in [0, 0.05) is 24.4 Å². The highest BCUT2D eigenvalue weighted by atomic mass is 32.2. The zero-order chi connectivity index (χ0) is 20.8. The van der Waals surface area contributed by atoms with Crippen molar-refractivity contribution in [3.05, 3.63) is 71.3 Å². The van der Waals surface area contributed by atoms with Gasteiger partial charge in [-0.1, -0.05) is 72.5 Å². The summed E-state index contributed by atoms with van der Waals surface area (Å²) in [7, 11) is 0. The van der Waals surface area contributed by atoms with Crippen molar-refractivity contribution in [3.8, 4) is 0 Å². The zero-order valence-corrected chi connectivity index (χ0v) is 18.7.